The van der Waals surface area contributed by atoms with Gasteiger partial charge in [0.15, 0.2) is 11.6 Å². The third-order valence-electron chi connectivity index (χ3n) is 2.27. The van der Waals surface area contributed by atoms with E-state index < -0.39 is 0 Å². The van der Waals surface area contributed by atoms with Crippen LogP contribution in [0.2, 0.25) is 0 Å². The first-order valence-corrected chi connectivity index (χ1v) is 6.66. The van der Waals surface area contributed by atoms with E-state index in [0.29, 0.717) is 6.54 Å². The summed E-state index contributed by atoms with van der Waals surface area (Å²) in [5, 5.41) is 5.28. The first kappa shape index (κ1) is 12.4. The monoisotopic (exact) mass is 315 g/mol. The number of nitrogens with one attached hydrogen (secondary N) is 1. The topological polar surface area (TPSA) is 21.3 Å². The molecule has 0 atom stereocenters. The molecule has 0 bridgehead atoms. The smallest absolute Gasteiger partial charge is 0.165 e. The Kier molecular flexibility index (Phi) is 4.02. The highest BCUT2D eigenvalue weighted by Gasteiger charge is 2.03. The zero-order valence-corrected chi connectivity index (χ0v) is 11.6. The second-order valence-electron chi connectivity index (χ2n) is 3.46. The lowest BCUT2D eigenvalue weighted by Crippen LogP contribution is -1.99. The predicted octanol–water partition coefficient (Wildman–Crippen LogP) is 4.27. The Balaban J connectivity index is 2.04. The first-order chi connectivity index (χ1) is 8.19. The van der Waals surface area contributed by atoms with Crippen LogP contribution >= 0.6 is 27.3 Å². The molecule has 0 spiro atoms. The van der Waals surface area contributed by atoms with Gasteiger partial charge in [-0.15, -0.1) is 11.3 Å². The molecule has 1 heterocycles. The molecule has 0 aliphatic carbocycles. The Bertz CT molecular complexity index is 515. The molecule has 0 saturated carbocycles. The third-order valence-corrected chi connectivity index (χ3v) is 3.82. The number of benzene rings is 1. The summed E-state index contributed by atoms with van der Waals surface area (Å²) in [6.45, 7) is 0.705. The predicted molar refractivity (Wildman–Crippen MR) is 72.3 cm³/mol. The van der Waals surface area contributed by atoms with Crippen LogP contribution in [0.4, 0.5) is 10.1 Å². The number of hydrogen-bond acceptors (Lipinski definition) is 3. The highest BCUT2D eigenvalue weighted by atomic mass is 79.9. The molecule has 0 amide bonds. The molecule has 2 aromatic rings. The third kappa shape index (κ3) is 3.20. The van der Waals surface area contributed by atoms with Crippen molar-refractivity contribution < 1.29 is 9.13 Å². The van der Waals surface area contributed by atoms with Crippen molar-refractivity contribution in [2.24, 2.45) is 0 Å². The van der Waals surface area contributed by atoms with Gasteiger partial charge in [-0.25, -0.2) is 4.39 Å². The van der Waals surface area contributed by atoms with E-state index in [1.807, 2.05) is 0 Å². The molecule has 0 radical (unpaired) electrons. The van der Waals surface area contributed by atoms with E-state index in [1.54, 1.807) is 23.5 Å². The first-order valence-electron chi connectivity index (χ1n) is 4.99. The van der Waals surface area contributed by atoms with Crippen LogP contribution in [0.15, 0.2) is 33.4 Å². The SMILES string of the molecule is COc1cc(NCc2csc(Br)c2)ccc1F. The number of ether oxygens (including phenoxy) is 1. The Labute approximate surface area is 112 Å². The van der Waals surface area contributed by atoms with E-state index in [2.05, 4.69) is 32.7 Å². The summed E-state index contributed by atoms with van der Waals surface area (Å²) < 4.78 is 19.2. The second-order valence-corrected chi connectivity index (χ2v) is 5.75. The molecule has 0 unspecified atom stereocenters. The molecule has 17 heavy (non-hydrogen) atoms. The van der Waals surface area contributed by atoms with Crippen LogP contribution < -0.4 is 10.1 Å². The van der Waals surface area contributed by atoms with E-state index in [9.17, 15) is 4.39 Å². The molecule has 5 heteroatoms. The van der Waals surface area contributed by atoms with Crippen molar-refractivity contribution >= 4 is 33.0 Å². The van der Waals surface area contributed by atoms with E-state index >= 15 is 0 Å². The van der Waals surface area contributed by atoms with Gasteiger partial charge in [-0.1, -0.05) is 0 Å². The van der Waals surface area contributed by atoms with Gasteiger partial charge in [-0.3, -0.25) is 0 Å². The van der Waals surface area contributed by atoms with Gasteiger partial charge < -0.3 is 10.1 Å². The molecule has 0 aliphatic rings. The summed E-state index contributed by atoms with van der Waals surface area (Å²) in [5.41, 5.74) is 2.02. The molecule has 0 fully saturated rings. The normalized spacial score (nSPS) is 10.3. The molecule has 0 saturated heterocycles. The number of anilines is 1. The lowest BCUT2D eigenvalue weighted by atomic mass is 10.2. The maximum Gasteiger partial charge on any atom is 0.165 e. The summed E-state index contributed by atoms with van der Waals surface area (Å²) in [6, 6.07) is 6.79. The van der Waals surface area contributed by atoms with E-state index in [0.717, 1.165) is 9.47 Å². The van der Waals surface area contributed by atoms with Crippen molar-refractivity contribution in [3.05, 3.63) is 44.8 Å². The molecule has 1 aromatic heterocycles. The molecule has 0 aliphatic heterocycles. The van der Waals surface area contributed by atoms with Crippen LogP contribution in [0, 0.1) is 5.82 Å². The summed E-state index contributed by atoms with van der Waals surface area (Å²) in [6.07, 6.45) is 0. The molecule has 2 nitrogen and oxygen atoms in total. The highest BCUT2D eigenvalue weighted by Crippen LogP contribution is 2.24. The molecule has 1 aromatic carbocycles. The Hall–Kier alpha value is -1.07. The summed E-state index contributed by atoms with van der Waals surface area (Å²) in [5.74, 6) is -0.0992. The maximum absolute atomic E-state index is 13.2. The molecule has 90 valence electrons. The highest BCUT2D eigenvalue weighted by molar-refractivity contribution is 9.11. The zero-order valence-electron chi connectivity index (χ0n) is 9.17. The minimum atomic E-state index is -0.351. The largest absolute Gasteiger partial charge is 0.494 e. The number of hydrogen-bond donors (Lipinski definition) is 1. The van der Waals surface area contributed by atoms with Crippen LogP contribution in [0.25, 0.3) is 0 Å². The fourth-order valence-electron chi connectivity index (χ4n) is 1.41. The van der Waals surface area contributed by atoms with Gasteiger partial charge >= 0.3 is 0 Å². The Morgan fingerprint density at radius 2 is 2.24 bits per heavy atom. The van der Waals surface area contributed by atoms with Crippen LogP contribution in [-0.2, 0) is 6.54 Å². The summed E-state index contributed by atoms with van der Waals surface area (Å²) in [4.78, 5) is 0. The Morgan fingerprint density at radius 3 is 2.88 bits per heavy atom. The van der Waals surface area contributed by atoms with Gasteiger partial charge in [0.25, 0.3) is 0 Å². The number of methoxy groups -OCH3 is 1. The van der Waals surface area contributed by atoms with Gasteiger partial charge in [0.1, 0.15) is 0 Å². The molecule has 1 N–H and O–H groups in total. The second kappa shape index (κ2) is 5.51. The molecular weight excluding hydrogens is 305 g/mol. The summed E-state index contributed by atoms with van der Waals surface area (Å²) >= 11 is 5.05. The lowest BCUT2D eigenvalue weighted by Gasteiger charge is -2.07. The number of rotatable bonds is 4. The quantitative estimate of drug-likeness (QED) is 0.909. The van der Waals surface area contributed by atoms with Gasteiger partial charge in [0.2, 0.25) is 0 Å². The maximum atomic E-state index is 13.2. The minimum absolute atomic E-state index is 0.251. The van der Waals surface area contributed by atoms with Crippen molar-refractivity contribution in [2.45, 2.75) is 6.54 Å². The Morgan fingerprint density at radius 1 is 1.41 bits per heavy atom. The summed E-state index contributed by atoms with van der Waals surface area (Å²) in [7, 11) is 1.46. The van der Waals surface area contributed by atoms with Gasteiger partial charge in [0, 0.05) is 18.3 Å². The van der Waals surface area contributed by atoms with Gasteiger partial charge in [-0.2, -0.15) is 0 Å². The standard InChI is InChI=1S/C12H11BrFNOS/c1-16-11-5-9(2-3-10(11)14)15-6-8-4-12(13)17-7-8/h2-5,7,15H,6H2,1H3. The average molecular weight is 316 g/mol. The fraction of sp³-hybridized carbons (Fsp3) is 0.167. The van der Waals surface area contributed by atoms with E-state index in [4.69, 9.17) is 4.74 Å². The van der Waals surface area contributed by atoms with Crippen LogP contribution in [0.3, 0.4) is 0 Å². The van der Waals surface area contributed by atoms with E-state index in [-0.39, 0.29) is 11.6 Å². The van der Waals surface area contributed by atoms with Crippen molar-refractivity contribution in [1.29, 1.82) is 0 Å². The van der Waals surface area contributed by atoms with Gasteiger partial charge in [0.05, 0.1) is 10.9 Å². The molecular formula is C12H11BrFNOS. The zero-order chi connectivity index (χ0) is 12.3. The minimum Gasteiger partial charge on any atom is -0.494 e. The fourth-order valence-corrected chi connectivity index (χ4v) is 2.62. The van der Waals surface area contributed by atoms with Crippen molar-refractivity contribution in [1.82, 2.24) is 0 Å². The number of thiophene rings is 1. The number of halogens is 2. The van der Waals surface area contributed by atoms with E-state index in [1.165, 1.54) is 18.7 Å². The van der Waals surface area contributed by atoms with Crippen molar-refractivity contribution in [3.63, 3.8) is 0 Å². The van der Waals surface area contributed by atoms with Crippen LogP contribution in [0.1, 0.15) is 5.56 Å². The lowest BCUT2D eigenvalue weighted by molar-refractivity contribution is 0.387. The van der Waals surface area contributed by atoms with Crippen molar-refractivity contribution in [2.75, 3.05) is 12.4 Å². The average Bonchev–Trinajstić information content (AvgIpc) is 2.74. The van der Waals surface area contributed by atoms with Crippen molar-refractivity contribution in [3.8, 4) is 5.75 Å². The van der Waals surface area contributed by atoms with Crippen LogP contribution in [-0.4, -0.2) is 7.11 Å². The molecule has 2 rings (SSSR count). The van der Waals surface area contributed by atoms with Crippen LogP contribution in [0.5, 0.6) is 5.75 Å². The van der Waals surface area contributed by atoms with Gasteiger partial charge in [-0.05, 0) is 45.1 Å².